The average molecular weight is 282 g/mol. The Hall–Kier alpha value is -1.76. The quantitative estimate of drug-likeness (QED) is 0.676. The van der Waals surface area contributed by atoms with Crippen molar-refractivity contribution in [3.63, 3.8) is 0 Å². The molecule has 7 heteroatoms. The van der Waals surface area contributed by atoms with Crippen molar-refractivity contribution in [2.75, 3.05) is 23.7 Å². The van der Waals surface area contributed by atoms with Crippen LogP contribution in [0, 0.1) is 10.1 Å². The van der Waals surface area contributed by atoms with Crippen LogP contribution in [0.3, 0.4) is 0 Å². The molecular weight excluding hydrogens is 268 g/mol. The number of carboxylic acids is 1. The molecule has 1 fully saturated rings. The van der Waals surface area contributed by atoms with E-state index in [-0.39, 0.29) is 11.3 Å². The van der Waals surface area contributed by atoms with Gasteiger partial charge in [0.15, 0.2) is 0 Å². The summed E-state index contributed by atoms with van der Waals surface area (Å²) < 4.78 is 0. The molecule has 1 aliphatic rings. The van der Waals surface area contributed by atoms with Crippen LogP contribution in [0.2, 0.25) is 0 Å². The van der Waals surface area contributed by atoms with Crippen molar-refractivity contribution in [1.82, 2.24) is 0 Å². The molecule has 1 heterocycles. The van der Waals surface area contributed by atoms with Gasteiger partial charge in [0.05, 0.1) is 16.2 Å². The number of benzene rings is 1. The van der Waals surface area contributed by atoms with Crippen LogP contribution in [0.5, 0.6) is 0 Å². The van der Waals surface area contributed by atoms with Gasteiger partial charge < -0.3 is 10.0 Å². The van der Waals surface area contributed by atoms with Gasteiger partial charge in [-0.25, -0.2) is 4.79 Å². The Morgan fingerprint density at radius 2 is 2.32 bits per heavy atom. The third-order valence-electron chi connectivity index (χ3n) is 3.00. The fourth-order valence-corrected chi connectivity index (χ4v) is 3.13. The predicted octanol–water partition coefficient (Wildman–Crippen LogP) is 2.23. The van der Waals surface area contributed by atoms with Gasteiger partial charge >= 0.3 is 5.97 Å². The van der Waals surface area contributed by atoms with Crippen LogP contribution in [0.15, 0.2) is 18.2 Å². The van der Waals surface area contributed by atoms with Gasteiger partial charge in [0.2, 0.25) is 0 Å². The summed E-state index contributed by atoms with van der Waals surface area (Å²) in [5, 5.41) is 20.4. The molecule has 1 N–H and O–H groups in total. The lowest BCUT2D eigenvalue weighted by Gasteiger charge is -2.33. The summed E-state index contributed by atoms with van der Waals surface area (Å²) in [6.45, 7) is 3.47. The van der Waals surface area contributed by atoms with Gasteiger partial charge in [-0.2, -0.15) is 11.8 Å². The van der Waals surface area contributed by atoms with Crippen LogP contribution in [0.25, 0.3) is 0 Å². The van der Waals surface area contributed by atoms with Crippen LogP contribution >= 0.6 is 11.8 Å². The number of hydrogen-bond acceptors (Lipinski definition) is 5. The van der Waals surface area contributed by atoms with Gasteiger partial charge in [-0.1, -0.05) is 6.92 Å². The molecule has 0 saturated carbocycles. The van der Waals surface area contributed by atoms with Crippen molar-refractivity contribution in [3.05, 3.63) is 33.9 Å². The number of non-ortho nitro benzene ring substituents is 1. The number of aromatic carboxylic acids is 1. The first kappa shape index (κ1) is 13.7. The van der Waals surface area contributed by atoms with E-state index < -0.39 is 10.9 Å². The Kier molecular flexibility index (Phi) is 3.94. The molecule has 1 aromatic rings. The lowest BCUT2D eigenvalue weighted by molar-refractivity contribution is -0.384. The summed E-state index contributed by atoms with van der Waals surface area (Å²) in [5.41, 5.74) is 0.476. The lowest BCUT2D eigenvalue weighted by Crippen LogP contribution is -2.37. The van der Waals surface area contributed by atoms with Crippen molar-refractivity contribution >= 4 is 29.1 Å². The summed E-state index contributed by atoms with van der Waals surface area (Å²) in [6.07, 6.45) is 0. The second-order valence-corrected chi connectivity index (χ2v) is 5.94. The lowest BCUT2D eigenvalue weighted by atomic mass is 10.1. The number of nitro groups is 1. The Bertz CT molecular complexity index is 520. The smallest absolute Gasteiger partial charge is 0.337 e. The van der Waals surface area contributed by atoms with E-state index in [2.05, 4.69) is 6.92 Å². The van der Waals surface area contributed by atoms with E-state index in [0.717, 1.165) is 5.75 Å². The van der Waals surface area contributed by atoms with E-state index >= 15 is 0 Å². The molecule has 2 rings (SSSR count). The molecule has 1 unspecified atom stereocenters. The molecule has 1 aromatic carbocycles. The number of rotatable bonds is 3. The van der Waals surface area contributed by atoms with E-state index in [4.69, 9.17) is 0 Å². The van der Waals surface area contributed by atoms with E-state index in [0.29, 0.717) is 24.0 Å². The Morgan fingerprint density at radius 3 is 2.89 bits per heavy atom. The Labute approximate surface area is 114 Å². The monoisotopic (exact) mass is 282 g/mol. The molecular formula is C12H14N2O4S. The maximum atomic E-state index is 11.2. The Balaban J connectivity index is 2.42. The van der Waals surface area contributed by atoms with Crippen molar-refractivity contribution in [2.24, 2.45) is 0 Å². The van der Waals surface area contributed by atoms with Crippen molar-refractivity contribution < 1.29 is 14.8 Å². The van der Waals surface area contributed by atoms with Crippen molar-refractivity contribution in [1.29, 1.82) is 0 Å². The van der Waals surface area contributed by atoms with Gasteiger partial charge in [0.25, 0.3) is 5.69 Å². The van der Waals surface area contributed by atoms with E-state index in [1.54, 1.807) is 0 Å². The number of carboxylic acid groups (broad SMARTS) is 1. The number of hydrogen-bond donors (Lipinski definition) is 1. The maximum Gasteiger partial charge on any atom is 0.337 e. The normalized spacial score (nSPS) is 19.2. The second kappa shape index (κ2) is 5.48. The highest BCUT2D eigenvalue weighted by Crippen LogP contribution is 2.30. The van der Waals surface area contributed by atoms with Crippen molar-refractivity contribution in [2.45, 2.75) is 12.2 Å². The SMILES string of the molecule is CC1CN(c2cc([N+](=O)[O-])ccc2C(=O)O)CCS1. The van der Waals surface area contributed by atoms with E-state index in [1.807, 2.05) is 16.7 Å². The van der Waals surface area contributed by atoms with Crippen LogP contribution in [0.4, 0.5) is 11.4 Å². The minimum Gasteiger partial charge on any atom is -0.478 e. The number of nitrogens with zero attached hydrogens (tertiary/aromatic N) is 2. The number of anilines is 1. The third kappa shape index (κ3) is 2.98. The summed E-state index contributed by atoms with van der Waals surface area (Å²) >= 11 is 1.82. The first-order chi connectivity index (χ1) is 8.99. The zero-order valence-electron chi connectivity index (χ0n) is 10.4. The highest BCUT2D eigenvalue weighted by molar-refractivity contribution is 8.00. The number of thioether (sulfide) groups is 1. The predicted molar refractivity (Wildman–Crippen MR) is 74.2 cm³/mol. The fraction of sp³-hybridized carbons (Fsp3) is 0.417. The summed E-state index contributed by atoms with van der Waals surface area (Å²) in [5.74, 6) is -0.168. The van der Waals surface area contributed by atoms with Gasteiger partial charge in [0.1, 0.15) is 0 Å². The average Bonchev–Trinajstić information content (AvgIpc) is 2.37. The highest BCUT2D eigenvalue weighted by atomic mass is 32.2. The van der Waals surface area contributed by atoms with Gasteiger partial charge in [-0.15, -0.1) is 0 Å². The maximum absolute atomic E-state index is 11.2. The van der Waals surface area contributed by atoms with Gasteiger partial charge in [-0.3, -0.25) is 10.1 Å². The molecule has 19 heavy (non-hydrogen) atoms. The number of nitro benzene ring substituents is 1. The molecule has 0 bridgehead atoms. The summed E-state index contributed by atoms with van der Waals surface area (Å²) in [6, 6.07) is 3.89. The minimum absolute atomic E-state index is 0.0779. The second-order valence-electron chi connectivity index (χ2n) is 4.39. The summed E-state index contributed by atoms with van der Waals surface area (Å²) in [4.78, 5) is 23.5. The molecule has 0 amide bonds. The Morgan fingerprint density at radius 1 is 1.58 bits per heavy atom. The fourth-order valence-electron chi connectivity index (χ4n) is 2.11. The largest absolute Gasteiger partial charge is 0.478 e. The van der Waals surface area contributed by atoms with Gasteiger partial charge in [0, 0.05) is 36.2 Å². The van der Waals surface area contributed by atoms with Crippen LogP contribution in [-0.2, 0) is 0 Å². The minimum atomic E-state index is -1.06. The van der Waals surface area contributed by atoms with Crippen molar-refractivity contribution in [3.8, 4) is 0 Å². The molecule has 1 atom stereocenters. The van der Waals surface area contributed by atoms with E-state index in [1.165, 1.54) is 18.2 Å². The third-order valence-corrected chi connectivity index (χ3v) is 4.14. The molecule has 0 radical (unpaired) electrons. The topological polar surface area (TPSA) is 83.7 Å². The van der Waals surface area contributed by atoms with Crippen LogP contribution < -0.4 is 4.90 Å². The molecule has 1 aliphatic heterocycles. The summed E-state index contributed by atoms with van der Waals surface area (Å²) in [7, 11) is 0. The molecule has 102 valence electrons. The number of carbonyl (C=O) groups is 1. The van der Waals surface area contributed by atoms with E-state index in [9.17, 15) is 20.0 Å². The van der Waals surface area contributed by atoms with Crippen LogP contribution in [0.1, 0.15) is 17.3 Å². The molecule has 0 aromatic heterocycles. The zero-order chi connectivity index (χ0) is 14.0. The van der Waals surface area contributed by atoms with Gasteiger partial charge in [-0.05, 0) is 6.07 Å². The first-order valence-electron chi connectivity index (χ1n) is 5.87. The molecule has 1 saturated heterocycles. The zero-order valence-corrected chi connectivity index (χ0v) is 11.2. The molecule has 6 nitrogen and oxygen atoms in total. The molecule has 0 spiro atoms. The highest BCUT2D eigenvalue weighted by Gasteiger charge is 2.23. The standard InChI is InChI=1S/C12H14N2O4S/c1-8-7-13(4-5-19-8)11-6-9(14(17)18)2-3-10(11)12(15)16/h2-3,6,8H,4-5,7H2,1H3,(H,15,16). The van der Waals surface area contributed by atoms with Crippen LogP contribution in [-0.4, -0.2) is 40.1 Å². The first-order valence-corrected chi connectivity index (χ1v) is 6.92. The molecule has 0 aliphatic carbocycles.